The molecule has 0 saturated carbocycles. The van der Waals surface area contributed by atoms with Crippen LogP contribution in [0.25, 0.3) is 0 Å². The summed E-state index contributed by atoms with van der Waals surface area (Å²) >= 11 is 0. The van der Waals surface area contributed by atoms with Crippen LogP contribution in [-0.4, -0.2) is 34.7 Å². The summed E-state index contributed by atoms with van der Waals surface area (Å²) in [6.07, 6.45) is 1.40. The van der Waals surface area contributed by atoms with Crippen LogP contribution in [0, 0.1) is 0 Å². The van der Waals surface area contributed by atoms with E-state index in [2.05, 4.69) is 5.32 Å². The zero-order valence-electron chi connectivity index (χ0n) is 7.62. The lowest BCUT2D eigenvalue weighted by molar-refractivity contribution is -0.139. The summed E-state index contributed by atoms with van der Waals surface area (Å²) in [6, 6.07) is -0.565. The van der Waals surface area contributed by atoms with E-state index in [1.807, 2.05) is 0 Å². The van der Waals surface area contributed by atoms with Crippen LogP contribution in [0.4, 0.5) is 0 Å². The van der Waals surface area contributed by atoms with E-state index in [0.29, 0.717) is 19.4 Å². The second-order valence-electron chi connectivity index (χ2n) is 2.86. The van der Waals surface area contributed by atoms with Gasteiger partial charge in [0.15, 0.2) is 0 Å². The normalized spacial score (nSPS) is 12.4. The van der Waals surface area contributed by atoms with E-state index in [-0.39, 0.29) is 6.42 Å². The van der Waals surface area contributed by atoms with E-state index in [9.17, 15) is 9.59 Å². The van der Waals surface area contributed by atoms with E-state index in [4.69, 9.17) is 10.2 Å². The predicted octanol–water partition coefficient (Wildman–Crippen LogP) is 0.304. The summed E-state index contributed by atoms with van der Waals surface area (Å²) in [5.74, 6) is -1.70. The Morgan fingerprint density at radius 2 is 1.92 bits per heavy atom. The number of hydrogen-bond donors (Lipinski definition) is 3. The van der Waals surface area contributed by atoms with Crippen LogP contribution in [-0.2, 0) is 9.59 Å². The summed E-state index contributed by atoms with van der Waals surface area (Å²) in [5.41, 5.74) is 0. The highest BCUT2D eigenvalue weighted by molar-refractivity contribution is 5.72. The number of carboxylic acid groups (broad SMARTS) is 2. The molecule has 0 heterocycles. The number of unbranched alkanes of at least 4 members (excludes halogenated alkanes) is 1. The lowest BCUT2D eigenvalue weighted by atomic mass is 10.2. The Hall–Kier alpha value is -1.10. The highest BCUT2D eigenvalue weighted by Crippen LogP contribution is 1.94. The topological polar surface area (TPSA) is 86.6 Å². The van der Waals surface area contributed by atoms with Crippen molar-refractivity contribution in [2.75, 3.05) is 6.54 Å². The summed E-state index contributed by atoms with van der Waals surface area (Å²) in [4.78, 5) is 20.4. The van der Waals surface area contributed by atoms with Crippen LogP contribution >= 0.6 is 0 Å². The first-order valence-electron chi connectivity index (χ1n) is 4.22. The van der Waals surface area contributed by atoms with Crippen molar-refractivity contribution in [1.82, 2.24) is 5.32 Å². The maximum atomic E-state index is 10.3. The van der Waals surface area contributed by atoms with Crippen molar-refractivity contribution in [2.24, 2.45) is 0 Å². The van der Waals surface area contributed by atoms with Crippen molar-refractivity contribution < 1.29 is 19.8 Å². The van der Waals surface area contributed by atoms with E-state index in [1.165, 1.54) is 0 Å². The summed E-state index contributed by atoms with van der Waals surface area (Å²) in [6.45, 7) is 2.10. The van der Waals surface area contributed by atoms with Gasteiger partial charge in [0.25, 0.3) is 0 Å². The van der Waals surface area contributed by atoms with Crippen LogP contribution in [0.5, 0.6) is 0 Å². The number of carbonyl (C=O) groups is 2. The Kier molecular flexibility index (Phi) is 5.88. The van der Waals surface area contributed by atoms with Crippen LogP contribution in [0.3, 0.4) is 0 Å². The zero-order valence-corrected chi connectivity index (χ0v) is 7.62. The molecule has 0 aromatic heterocycles. The van der Waals surface area contributed by atoms with Gasteiger partial charge in [-0.15, -0.1) is 0 Å². The van der Waals surface area contributed by atoms with Crippen LogP contribution in [0.15, 0.2) is 0 Å². The third kappa shape index (κ3) is 7.27. The standard InChI is InChI=1S/C8H15NO4/c1-6(8(12)13)9-5-3-2-4-7(10)11/h6,9H,2-5H2,1H3,(H,10,11)(H,12,13)/t6-/m0/s1. The number of nitrogens with one attached hydrogen (secondary N) is 1. The number of rotatable bonds is 7. The van der Waals surface area contributed by atoms with Crippen molar-refractivity contribution in [3.63, 3.8) is 0 Å². The van der Waals surface area contributed by atoms with Gasteiger partial charge >= 0.3 is 11.9 Å². The Morgan fingerprint density at radius 3 is 2.38 bits per heavy atom. The second kappa shape index (κ2) is 6.42. The summed E-state index contributed by atoms with van der Waals surface area (Å²) in [7, 11) is 0. The first-order chi connectivity index (χ1) is 6.04. The summed E-state index contributed by atoms with van der Waals surface area (Å²) in [5, 5.41) is 19.5. The third-order valence-electron chi connectivity index (χ3n) is 1.64. The fourth-order valence-electron chi connectivity index (χ4n) is 0.807. The Morgan fingerprint density at radius 1 is 1.31 bits per heavy atom. The van der Waals surface area contributed by atoms with Crippen molar-refractivity contribution >= 4 is 11.9 Å². The fourth-order valence-corrected chi connectivity index (χ4v) is 0.807. The maximum absolute atomic E-state index is 10.3. The van der Waals surface area contributed by atoms with Gasteiger partial charge in [0.1, 0.15) is 6.04 Å². The predicted molar refractivity (Wildman–Crippen MR) is 46.6 cm³/mol. The molecular weight excluding hydrogens is 174 g/mol. The number of aliphatic carboxylic acids is 2. The van der Waals surface area contributed by atoms with Crippen LogP contribution < -0.4 is 5.32 Å². The SMILES string of the molecule is C[C@H](NCCCCC(=O)O)C(=O)O. The molecule has 0 aliphatic carbocycles. The van der Waals surface area contributed by atoms with Gasteiger partial charge in [0.2, 0.25) is 0 Å². The molecular formula is C8H15NO4. The first kappa shape index (κ1) is 11.9. The molecule has 3 N–H and O–H groups in total. The first-order valence-corrected chi connectivity index (χ1v) is 4.22. The Balaban J connectivity index is 3.26. The van der Waals surface area contributed by atoms with Crippen LogP contribution in [0.2, 0.25) is 0 Å². The van der Waals surface area contributed by atoms with Gasteiger partial charge in [-0.2, -0.15) is 0 Å². The fraction of sp³-hybridized carbons (Fsp3) is 0.750. The lowest BCUT2D eigenvalue weighted by Crippen LogP contribution is -2.34. The van der Waals surface area contributed by atoms with Crippen molar-refractivity contribution in [3.05, 3.63) is 0 Å². The minimum atomic E-state index is -0.891. The van der Waals surface area contributed by atoms with Gasteiger partial charge in [-0.25, -0.2) is 0 Å². The minimum absolute atomic E-state index is 0.142. The highest BCUT2D eigenvalue weighted by Gasteiger charge is 2.08. The maximum Gasteiger partial charge on any atom is 0.320 e. The van der Waals surface area contributed by atoms with Crippen LogP contribution in [0.1, 0.15) is 26.2 Å². The van der Waals surface area contributed by atoms with Crippen molar-refractivity contribution in [3.8, 4) is 0 Å². The zero-order chi connectivity index (χ0) is 10.3. The molecule has 0 rings (SSSR count). The van der Waals surface area contributed by atoms with Gasteiger partial charge < -0.3 is 15.5 Å². The molecule has 0 unspecified atom stereocenters. The molecule has 0 bridgehead atoms. The second-order valence-corrected chi connectivity index (χ2v) is 2.86. The smallest absolute Gasteiger partial charge is 0.320 e. The van der Waals surface area contributed by atoms with E-state index < -0.39 is 18.0 Å². The highest BCUT2D eigenvalue weighted by atomic mass is 16.4. The molecule has 0 spiro atoms. The Labute approximate surface area is 76.8 Å². The molecule has 13 heavy (non-hydrogen) atoms. The molecule has 0 aromatic carbocycles. The largest absolute Gasteiger partial charge is 0.481 e. The molecule has 1 atom stereocenters. The molecule has 5 heteroatoms. The molecule has 76 valence electrons. The summed E-state index contributed by atoms with van der Waals surface area (Å²) < 4.78 is 0. The minimum Gasteiger partial charge on any atom is -0.481 e. The average Bonchev–Trinajstić information content (AvgIpc) is 2.02. The van der Waals surface area contributed by atoms with Gasteiger partial charge in [0, 0.05) is 6.42 Å². The molecule has 5 nitrogen and oxygen atoms in total. The molecule has 0 aliphatic heterocycles. The van der Waals surface area contributed by atoms with Gasteiger partial charge in [-0.3, -0.25) is 9.59 Å². The monoisotopic (exact) mass is 189 g/mol. The average molecular weight is 189 g/mol. The molecule has 0 saturated heterocycles. The van der Waals surface area contributed by atoms with Crippen molar-refractivity contribution in [1.29, 1.82) is 0 Å². The quantitative estimate of drug-likeness (QED) is 0.501. The molecule has 0 amide bonds. The Bertz CT molecular complexity index is 181. The van der Waals surface area contributed by atoms with E-state index >= 15 is 0 Å². The van der Waals surface area contributed by atoms with E-state index in [0.717, 1.165) is 0 Å². The number of hydrogen-bond acceptors (Lipinski definition) is 3. The third-order valence-corrected chi connectivity index (χ3v) is 1.64. The molecule has 0 fully saturated rings. The van der Waals surface area contributed by atoms with Gasteiger partial charge in [-0.1, -0.05) is 0 Å². The molecule has 0 aromatic rings. The molecule has 0 aliphatic rings. The lowest BCUT2D eigenvalue weighted by Gasteiger charge is -2.07. The van der Waals surface area contributed by atoms with E-state index in [1.54, 1.807) is 6.92 Å². The molecule has 0 radical (unpaired) electrons. The number of carboxylic acids is 2. The van der Waals surface area contributed by atoms with Gasteiger partial charge in [0.05, 0.1) is 0 Å². The van der Waals surface area contributed by atoms with Crippen molar-refractivity contribution in [2.45, 2.75) is 32.2 Å². The van der Waals surface area contributed by atoms with Gasteiger partial charge in [-0.05, 0) is 26.3 Å².